The Bertz CT molecular complexity index is 538. The van der Waals surface area contributed by atoms with Gasteiger partial charge in [-0.2, -0.15) is 0 Å². The number of carbonyl (C=O) groups excluding carboxylic acids is 1. The molecular weight excluding hydrogens is 216 g/mol. The number of hydroxylamine groups is 1. The van der Waals surface area contributed by atoms with E-state index in [4.69, 9.17) is 4.84 Å². The van der Waals surface area contributed by atoms with Crippen LogP contribution in [0.1, 0.15) is 20.8 Å². The number of amides is 1. The van der Waals surface area contributed by atoms with Crippen LogP contribution >= 0.6 is 0 Å². The molecule has 0 aliphatic heterocycles. The van der Waals surface area contributed by atoms with E-state index in [0.29, 0.717) is 0 Å². The zero-order valence-corrected chi connectivity index (χ0v) is 10.2. The van der Waals surface area contributed by atoms with Crippen molar-refractivity contribution in [2.45, 2.75) is 26.4 Å². The quantitative estimate of drug-likeness (QED) is 0.768. The van der Waals surface area contributed by atoms with Crippen LogP contribution in [0.4, 0.5) is 4.79 Å². The van der Waals surface area contributed by atoms with Crippen LogP contribution in [0.2, 0.25) is 0 Å². The molecule has 1 aromatic heterocycles. The average molecular weight is 232 g/mol. The number of hydrogen-bond donors (Lipinski definition) is 1. The standard InChI is InChI=1S/C13H16N2O2/c1-13(2,3)17-14-12(16)15-9-8-10-6-4-5-7-11(10)15/h4-9H,1-3H3,(H,14,16). The molecule has 1 N–H and O–H groups in total. The van der Waals surface area contributed by atoms with Gasteiger partial charge in [0.1, 0.15) is 0 Å². The summed E-state index contributed by atoms with van der Waals surface area (Å²) in [6.45, 7) is 5.63. The van der Waals surface area contributed by atoms with Crippen LogP contribution in [0.15, 0.2) is 36.5 Å². The molecule has 0 aliphatic carbocycles. The first-order valence-electron chi connectivity index (χ1n) is 5.52. The second-order valence-electron chi connectivity index (χ2n) is 4.87. The van der Waals surface area contributed by atoms with Gasteiger partial charge < -0.3 is 0 Å². The van der Waals surface area contributed by atoms with Gasteiger partial charge in [0, 0.05) is 11.6 Å². The number of rotatable bonds is 1. The van der Waals surface area contributed by atoms with Gasteiger partial charge >= 0.3 is 6.03 Å². The van der Waals surface area contributed by atoms with E-state index in [0.717, 1.165) is 10.9 Å². The van der Waals surface area contributed by atoms with E-state index in [9.17, 15) is 4.79 Å². The minimum Gasteiger partial charge on any atom is -0.268 e. The van der Waals surface area contributed by atoms with E-state index in [-0.39, 0.29) is 6.03 Å². The van der Waals surface area contributed by atoms with Crippen LogP contribution in [-0.2, 0) is 4.84 Å². The largest absolute Gasteiger partial charge is 0.349 e. The molecule has 0 aliphatic rings. The summed E-state index contributed by atoms with van der Waals surface area (Å²) in [6.07, 6.45) is 1.73. The number of aromatic nitrogens is 1. The summed E-state index contributed by atoms with van der Waals surface area (Å²) < 4.78 is 1.53. The van der Waals surface area contributed by atoms with Crippen molar-refractivity contribution in [3.05, 3.63) is 36.5 Å². The van der Waals surface area contributed by atoms with Gasteiger partial charge in [-0.15, -0.1) is 0 Å². The molecule has 0 spiro atoms. The molecule has 2 aromatic rings. The third kappa shape index (κ3) is 2.65. The van der Waals surface area contributed by atoms with Crippen LogP contribution in [0.5, 0.6) is 0 Å². The van der Waals surface area contributed by atoms with Gasteiger partial charge in [0.15, 0.2) is 0 Å². The molecule has 0 unspecified atom stereocenters. The fraction of sp³-hybridized carbons (Fsp3) is 0.308. The normalized spacial score (nSPS) is 11.7. The molecule has 1 heterocycles. The Balaban J connectivity index is 2.20. The summed E-state index contributed by atoms with van der Waals surface area (Å²) in [5.41, 5.74) is 2.90. The van der Waals surface area contributed by atoms with Gasteiger partial charge in [-0.3, -0.25) is 9.40 Å². The molecule has 0 radical (unpaired) electrons. The summed E-state index contributed by atoms with van der Waals surface area (Å²) in [4.78, 5) is 17.1. The van der Waals surface area contributed by atoms with Crippen LogP contribution in [0.25, 0.3) is 10.9 Å². The Morgan fingerprint density at radius 2 is 1.94 bits per heavy atom. The summed E-state index contributed by atoms with van der Waals surface area (Å²) in [5, 5.41) is 1.03. The van der Waals surface area contributed by atoms with Crippen molar-refractivity contribution >= 4 is 16.9 Å². The summed E-state index contributed by atoms with van der Waals surface area (Å²) >= 11 is 0. The van der Waals surface area contributed by atoms with E-state index < -0.39 is 5.60 Å². The number of nitrogens with zero attached hydrogens (tertiary/aromatic N) is 1. The highest BCUT2D eigenvalue weighted by molar-refractivity contribution is 5.91. The van der Waals surface area contributed by atoms with Crippen molar-refractivity contribution in [3.63, 3.8) is 0 Å². The lowest BCUT2D eigenvalue weighted by atomic mass is 10.2. The van der Waals surface area contributed by atoms with E-state index in [1.54, 1.807) is 6.20 Å². The van der Waals surface area contributed by atoms with Crippen molar-refractivity contribution < 1.29 is 9.63 Å². The Hall–Kier alpha value is -1.81. The number of nitrogens with one attached hydrogen (secondary N) is 1. The zero-order valence-electron chi connectivity index (χ0n) is 10.2. The fourth-order valence-corrected chi connectivity index (χ4v) is 1.51. The number of hydrogen-bond acceptors (Lipinski definition) is 2. The number of para-hydroxylation sites is 1. The second kappa shape index (κ2) is 4.22. The van der Waals surface area contributed by atoms with Gasteiger partial charge in [-0.05, 0) is 32.9 Å². The summed E-state index contributed by atoms with van der Waals surface area (Å²) in [7, 11) is 0. The minimum atomic E-state index is -0.404. The molecule has 0 atom stereocenters. The molecular formula is C13H16N2O2. The fourth-order valence-electron chi connectivity index (χ4n) is 1.51. The molecule has 4 heteroatoms. The van der Waals surface area contributed by atoms with Crippen molar-refractivity contribution in [1.29, 1.82) is 0 Å². The van der Waals surface area contributed by atoms with Crippen molar-refractivity contribution in [2.75, 3.05) is 0 Å². The second-order valence-corrected chi connectivity index (χ2v) is 4.87. The van der Waals surface area contributed by atoms with Crippen molar-refractivity contribution in [1.82, 2.24) is 10.0 Å². The molecule has 4 nitrogen and oxygen atoms in total. The molecule has 0 saturated heterocycles. The van der Waals surface area contributed by atoms with Gasteiger partial charge in [-0.25, -0.2) is 10.3 Å². The summed E-state index contributed by atoms with van der Waals surface area (Å²) in [5.74, 6) is 0. The SMILES string of the molecule is CC(C)(C)ONC(=O)n1ccc2ccccc21. The predicted octanol–water partition coefficient (Wildman–Crippen LogP) is 2.93. The first kappa shape index (κ1) is 11.7. The lowest BCUT2D eigenvalue weighted by Crippen LogP contribution is -2.35. The van der Waals surface area contributed by atoms with Crippen LogP contribution in [0, 0.1) is 0 Å². The van der Waals surface area contributed by atoms with Crippen molar-refractivity contribution in [3.8, 4) is 0 Å². The maximum Gasteiger partial charge on any atom is 0.349 e. The number of fused-ring (bicyclic) bond motifs is 1. The molecule has 17 heavy (non-hydrogen) atoms. The molecule has 0 saturated carbocycles. The molecule has 0 bridgehead atoms. The van der Waals surface area contributed by atoms with Gasteiger partial charge in [-0.1, -0.05) is 18.2 Å². The highest BCUT2D eigenvalue weighted by Gasteiger charge is 2.14. The highest BCUT2D eigenvalue weighted by atomic mass is 16.7. The Labute approximate surface area is 100 Å². The monoisotopic (exact) mass is 232 g/mol. The van der Waals surface area contributed by atoms with Crippen LogP contribution in [-0.4, -0.2) is 16.2 Å². The zero-order chi connectivity index (χ0) is 12.5. The lowest BCUT2D eigenvalue weighted by molar-refractivity contribution is -0.0525. The minimum absolute atomic E-state index is 0.291. The van der Waals surface area contributed by atoms with E-state index in [2.05, 4.69) is 5.48 Å². The van der Waals surface area contributed by atoms with Crippen molar-refractivity contribution in [2.24, 2.45) is 0 Å². The molecule has 1 amide bonds. The number of benzene rings is 1. The molecule has 90 valence electrons. The first-order valence-corrected chi connectivity index (χ1v) is 5.52. The average Bonchev–Trinajstić information content (AvgIpc) is 2.68. The van der Waals surface area contributed by atoms with E-state index in [1.807, 2.05) is 51.1 Å². The molecule has 1 aromatic carbocycles. The number of carbonyl (C=O) groups is 1. The smallest absolute Gasteiger partial charge is 0.268 e. The third-order valence-corrected chi connectivity index (χ3v) is 2.26. The van der Waals surface area contributed by atoms with Crippen LogP contribution < -0.4 is 5.48 Å². The van der Waals surface area contributed by atoms with E-state index in [1.165, 1.54) is 4.57 Å². The first-order chi connectivity index (χ1) is 7.97. The molecule has 0 fully saturated rings. The third-order valence-electron chi connectivity index (χ3n) is 2.26. The Kier molecular flexibility index (Phi) is 2.90. The predicted molar refractivity (Wildman–Crippen MR) is 66.7 cm³/mol. The lowest BCUT2D eigenvalue weighted by Gasteiger charge is -2.19. The Morgan fingerprint density at radius 1 is 1.24 bits per heavy atom. The Morgan fingerprint density at radius 3 is 2.65 bits per heavy atom. The van der Waals surface area contributed by atoms with Gasteiger partial charge in [0.25, 0.3) is 0 Å². The summed E-state index contributed by atoms with van der Waals surface area (Å²) in [6, 6.07) is 9.30. The highest BCUT2D eigenvalue weighted by Crippen LogP contribution is 2.14. The van der Waals surface area contributed by atoms with E-state index >= 15 is 0 Å². The maximum absolute atomic E-state index is 11.9. The maximum atomic E-state index is 11.9. The topological polar surface area (TPSA) is 43.3 Å². The van der Waals surface area contributed by atoms with Gasteiger partial charge in [0.05, 0.1) is 11.1 Å². The van der Waals surface area contributed by atoms with Gasteiger partial charge in [0.2, 0.25) is 0 Å². The van der Waals surface area contributed by atoms with Crippen LogP contribution in [0.3, 0.4) is 0 Å². The molecule has 2 rings (SSSR count).